The van der Waals surface area contributed by atoms with Crippen LogP contribution in [-0.4, -0.2) is 50.1 Å². The average molecular weight is 504 g/mol. The van der Waals surface area contributed by atoms with Gasteiger partial charge in [0.1, 0.15) is 35.9 Å². The number of carbonyl (C=O) groups excluding carboxylic acids is 2. The zero-order chi connectivity index (χ0) is 25.4. The molecule has 8 nitrogen and oxygen atoms in total. The molecule has 0 spiro atoms. The normalized spacial score (nSPS) is 20.4. The minimum absolute atomic E-state index is 0.168. The van der Waals surface area contributed by atoms with Crippen molar-refractivity contribution in [2.24, 2.45) is 0 Å². The topological polar surface area (TPSA) is 92.1 Å². The number of carbonyl (C=O) groups is 2. The summed E-state index contributed by atoms with van der Waals surface area (Å²) in [4.78, 5) is 29.8. The summed E-state index contributed by atoms with van der Waals surface area (Å²) in [7, 11) is 3.05. The van der Waals surface area contributed by atoms with Crippen molar-refractivity contribution in [1.82, 2.24) is 4.90 Å². The van der Waals surface area contributed by atoms with E-state index >= 15 is 0 Å². The van der Waals surface area contributed by atoms with Gasteiger partial charge in [-0.05, 0) is 23.8 Å². The molecule has 3 aromatic rings. The molecule has 0 radical (unpaired) electrons. The summed E-state index contributed by atoms with van der Waals surface area (Å²) >= 11 is 6.46. The first-order chi connectivity index (χ1) is 17.4. The van der Waals surface area contributed by atoms with Gasteiger partial charge in [0.2, 0.25) is 12.0 Å². The molecule has 0 N–H and O–H groups in total. The SMILES string of the molecule is COc1cc(OC)cc(O[C@@H]2C(=O)N3CC(=O)N(CC#N)c4ccc(Cl)cc4[C@]23c2ccccc2)c1. The van der Waals surface area contributed by atoms with Gasteiger partial charge in [-0.3, -0.25) is 14.5 Å². The summed E-state index contributed by atoms with van der Waals surface area (Å²) in [6.07, 6.45) is -1.02. The van der Waals surface area contributed by atoms with Crippen LogP contribution < -0.4 is 19.1 Å². The third kappa shape index (κ3) is 3.51. The maximum absolute atomic E-state index is 13.6. The molecule has 0 aliphatic carbocycles. The second kappa shape index (κ2) is 9.10. The third-order valence-electron chi connectivity index (χ3n) is 6.57. The number of amides is 2. The van der Waals surface area contributed by atoms with E-state index in [2.05, 4.69) is 6.07 Å². The Labute approximate surface area is 213 Å². The molecule has 9 heteroatoms. The van der Waals surface area contributed by atoms with Crippen LogP contribution in [0.1, 0.15) is 11.1 Å². The summed E-state index contributed by atoms with van der Waals surface area (Å²) in [5.74, 6) is 0.641. The highest BCUT2D eigenvalue weighted by molar-refractivity contribution is 6.30. The van der Waals surface area contributed by atoms with Crippen LogP contribution in [0.4, 0.5) is 5.69 Å². The van der Waals surface area contributed by atoms with Gasteiger partial charge in [0.15, 0.2) is 0 Å². The van der Waals surface area contributed by atoms with E-state index in [1.54, 1.807) is 36.4 Å². The zero-order valence-corrected chi connectivity index (χ0v) is 20.4. The number of β-lactam (4-membered cyclic amide) rings is 1. The molecule has 36 heavy (non-hydrogen) atoms. The Bertz CT molecular complexity index is 1370. The van der Waals surface area contributed by atoms with Crippen molar-refractivity contribution < 1.29 is 23.8 Å². The molecule has 2 aliphatic rings. The molecule has 182 valence electrons. The van der Waals surface area contributed by atoms with Gasteiger partial charge in [-0.15, -0.1) is 0 Å². The Balaban J connectivity index is 1.74. The number of hydrogen-bond acceptors (Lipinski definition) is 6. The van der Waals surface area contributed by atoms with Crippen molar-refractivity contribution in [3.63, 3.8) is 0 Å². The molecule has 1 saturated heterocycles. The van der Waals surface area contributed by atoms with E-state index in [-0.39, 0.29) is 24.9 Å². The fourth-order valence-electron chi connectivity index (χ4n) is 4.98. The van der Waals surface area contributed by atoms with Crippen LogP contribution in [0.5, 0.6) is 17.2 Å². The van der Waals surface area contributed by atoms with E-state index in [1.807, 2.05) is 30.3 Å². The number of halogens is 1. The van der Waals surface area contributed by atoms with Gasteiger partial charge in [-0.25, -0.2) is 0 Å². The number of rotatable bonds is 6. The standard InChI is InChI=1S/C27H22ClN3O5/c1-34-19-13-20(35-2)15-21(14-19)36-25-26(33)31-16-24(32)30(11-10-29)23-9-8-18(28)12-22(23)27(25,31)17-6-4-3-5-7-17/h3-9,12-15,25H,11,16H2,1-2H3/t25-,27-/m1/s1. The van der Waals surface area contributed by atoms with Gasteiger partial charge < -0.3 is 19.1 Å². The fraction of sp³-hybridized carbons (Fsp3) is 0.222. The maximum Gasteiger partial charge on any atom is 0.268 e. The molecule has 0 saturated carbocycles. The van der Waals surface area contributed by atoms with Crippen molar-refractivity contribution in [1.29, 1.82) is 5.26 Å². The summed E-state index contributed by atoms with van der Waals surface area (Å²) in [5.41, 5.74) is 0.678. The Kier molecular flexibility index (Phi) is 5.94. The van der Waals surface area contributed by atoms with Crippen molar-refractivity contribution in [3.8, 4) is 23.3 Å². The average Bonchev–Trinajstić information content (AvgIpc) is 2.99. The van der Waals surface area contributed by atoms with Crippen molar-refractivity contribution in [2.45, 2.75) is 11.6 Å². The largest absolute Gasteiger partial charge is 0.496 e. The number of hydrogen-bond donors (Lipinski definition) is 0. The number of anilines is 1. The number of methoxy groups -OCH3 is 2. The molecule has 0 bridgehead atoms. The molecule has 2 atom stereocenters. The van der Waals surface area contributed by atoms with Gasteiger partial charge >= 0.3 is 0 Å². The van der Waals surface area contributed by atoms with Crippen LogP contribution in [0.15, 0.2) is 66.7 Å². The first kappa shape index (κ1) is 23.5. The van der Waals surface area contributed by atoms with Gasteiger partial charge in [-0.2, -0.15) is 5.26 Å². The van der Waals surface area contributed by atoms with E-state index in [0.29, 0.717) is 33.5 Å². The minimum atomic E-state index is -1.17. The molecule has 2 amide bonds. The predicted molar refractivity (Wildman–Crippen MR) is 132 cm³/mol. The monoisotopic (exact) mass is 503 g/mol. The quantitative estimate of drug-likeness (QED) is 0.376. The molecular weight excluding hydrogens is 482 g/mol. The number of benzene rings is 3. The predicted octanol–water partition coefficient (Wildman–Crippen LogP) is 3.76. The van der Waals surface area contributed by atoms with E-state index < -0.39 is 11.6 Å². The van der Waals surface area contributed by atoms with Crippen molar-refractivity contribution in [3.05, 3.63) is 82.9 Å². The summed E-state index contributed by atoms with van der Waals surface area (Å²) in [5, 5.41) is 9.86. The highest BCUT2D eigenvalue weighted by Gasteiger charge is 2.66. The molecule has 2 aliphatic heterocycles. The van der Waals surface area contributed by atoms with E-state index in [4.69, 9.17) is 25.8 Å². The molecule has 5 rings (SSSR count). The lowest BCUT2D eigenvalue weighted by atomic mass is 9.69. The third-order valence-corrected chi connectivity index (χ3v) is 6.81. The molecular formula is C27H22ClN3O5. The lowest BCUT2D eigenvalue weighted by molar-refractivity contribution is -0.177. The van der Waals surface area contributed by atoms with E-state index in [0.717, 1.165) is 5.56 Å². The lowest BCUT2D eigenvalue weighted by Gasteiger charge is -2.56. The second-order valence-electron chi connectivity index (χ2n) is 8.40. The summed E-state index contributed by atoms with van der Waals surface area (Å²) < 4.78 is 17.1. The van der Waals surface area contributed by atoms with E-state index in [9.17, 15) is 14.9 Å². The number of ether oxygens (including phenoxy) is 3. The molecule has 1 fully saturated rings. The molecule has 0 unspecified atom stereocenters. The Morgan fingerprint density at radius 3 is 2.31 bits per heavy atom. The first-order valence-electron chi connectivity index (χ1n) is 11.2. The van der Waals surface area contributed by atoms with E-state index in [1.165, 1.54) is 24.0 Å². The first-order valence-corrected chi connectivity index (χ1v) is 11.6. The van der Waals surface area contributed by atoms with Crippen LogP contribution in [0.2, 0.25) is 5.02 Å². The van der Waals surface area contributed by atoms with Crippen LogP contribution in [0, 0.1) is 11.3 Å². The zero-order valence-electron chi connectivity index (χ0n) is 19.6. The van der Waals surface area contributed by atoms with Gasteiger partial charge in [-0.1, -0.05) is 41.9 Å². The number of fused-ring (bicyclic) bond motifs is 3. The minimum Gasteiger partial charge on any atom is -0.496 e. The summed E-state index contributed by atoms with van der Waals surface area (Å²) in [6.45, 7) is -0.387. The van der Waals surface area contributed by atoms with Gasteiger partial charge in [0.05, 0.1) is 26.0 Å². The molecule has 3 aromatic carbocycles. The Morgan fingerprint density at radius 1 is 1.00 bits per heavy atom. The number of nitriles is 1. The second-order valence-corrected chi connectivity index (χ2v) is 8.84. The van der Waals surface area contributed by atoms with Gasteiger partial charge in [0.25, 0.3) is 5.91 Å². The highest BCUT2D eigenvalue weighted by Crippen LogP contribution is 2.53. The lowest BCUT2D eigenvalue weighted by Crippen LogP contribution is -2.74. The van der Waals surface area contributed by atoms with Gasteiger partial charge in [0, 0.05) is 28.8 Å². The fourth-order valence-corrected chi connectivity index (χ4v) is 5.15. The Hall–Kier alpha value is -4.22. The van der Waals surface area contributed by atoms with Crippen LogP contribution in [0.25, 0.3) is 0 Å². The van der Waals surface area contributed by atoms with Crippen LogP contribution in [-0.2, 0) is 15.1 Å². The summed E-state index contributed by atoms with van der Waals surface area (Å²) in [6, 6.07) is 21.6. The van der Waals surface area contributed by atoms with Crippen LogP contribution >= 0.6 is 11.6 Å². The maximum atomic E-state index is 13.6. The van der Waals surface area contributed by atoms with Crippen molar-refractivity contribution in [2.75, 3.05) is 32.2 Å². The van der Waals surface area contributed by atoms with Crippen molar-refractivity contribution >= 4 is 29.1 Å². The smallest absolute Gasteiger partial charge is 0.268 e. The Morgan fingerprint density at radius 2 is 1.67 bits per heavy atom. The molecule has 2 heterocycles. The number of nitrogens with zero attached hydrogens (tertiary/aromatic N) is 3. The molecule has 0 aromatic heterocycles. The van der Waals surface area contributed by atoms with Crippen LogP contribution in [0.3, 0.4) is 0 Å². The highest BCUT2D eigenvalue weighted by atomic mass is 35.5.